The van der Waals surface area contributed by atoms with Crippen molar-refractivity contribution in [2.75, 3.05) is 24.6 Å². The topological polar surface area (TPSA) is 113 Å². The average Bonchev–Trinajstić information content (AvgIpc) is 3.13. The van der Waals surface area contributed by atoms with Crippen LogP contribution in [0.4, 0.5) is 5.82 Å². The van der Waals surface area contributed by atoms with Crippen molar-refractivity contribution in [1.29, 1.82) is 5.26 Å². The van der Waals surface area contributed by atoms with Gasteiger partial charge in [-0.15, -0.1) is 24.8 Å². The molecule has 1 aliphatic heterocycles. The number of hydrogen-bond acceptors (Lipinski definition) is 7. The van der Waals surface area contributed by atoms with Crippen LogP contribution in [-0.2, 0) is 0 Å². The number of nitrogens with zero attached hydrogens (tertiary/aromatic N) is 5. The maximum Gasteiger partial charge on any atom is 0.138 e. The number of aliphatic hydroxyl groups excluding tert-OH is 1. The van der Waals surface area contributed by atoms with Gasteiger partial charge in [-0.2, -0.15) is 10.4 Å². The van der Waals surface area contributed by atoms with Crippen molar-refractivity contribution in [3.8, 4) is 22.9 Å². The maximum absolute atomic E-state index is 10.0. The number of nitrogens with two attached hydrogens (primary N) is 1. The van der Waals surface area contributed by atoms with Gasteiger partial charge in [0.05, 0.1) is 36.2 Å². The van der Waals surface area contributed by atoms with E-state index >= 15 is 0 Å². The Bertz CT molecular complexity index is 1030. The number of ether oxygens (including phenoxy) is 1. The van der Waals surface area contributed by atoms with Crippen LogP contribution in [-0.4, -0.2) is 51.5 Å². The van der Waals surface area contributed by atoms with Crippen LogP contribution in [0.1, 0.15) is 18.9 Å². The van der Waals surface area contributed by atoms with Crippen molar-refractivity contribution in [2.24, 2.45) is 5.73 Å². The van der Waals surface area contributed by atoms with Gasteiger partial charge in [0.25, 0.3) is 0 Å². The molecule has 0 aliphatic carbocycles. The molecule has 0 unspecified atom stereocenters. The smallest absolute Gasteiger partial charge is 0.138 e. The number of aromatic nitrogens is 3. The average molecular weight is 451 g/mol. The zero-order valence-electron chi connectivity index (χ0n) is 16.4. The Morgan fingerprint density at radius 2 is 2.13 bits per heavy atom. The molecule has 0 bridgehead atoms. The van der Waals surface area contributed by atoms with E-state index in [4.69, 9.17) is 10.5 Å². The zero-order valence-corrected chi connectivity index (χ0v) is 18.1. The van der Waals surface area contributed by atoms with Gasteiger partial charge in [-0.25, -0.2) is 9.50 Å². The van der Waals surface area contributed by atoms with Gasteiger partial charge in [0.2, 0.25) is 0 Å². The molecule has 0 spiro atoms. The highest BCUT2D eigenvalue weighted by atomic mass is 35.5. The Balaban J connectivity index is 0.00000160. The molecule has 4 heterocycles. The highest BCUT2D eigenvalue weighted by Gasteiger charge is 2.25. The van der Waals surface area contributed by atoms with E-state index in [-0.39, 0.29) is 30.9 Å². The number of pyridine rings is 2. The van der Waals surface area contributed by atoms with E-state index in [0.717, 1.165) is 35.4 Å². The Morgan fingerprint density at radius 3 is 2.77 bits per heavy atom. The van der Waals surface area contributed by atoms with Crippen LogP contribution in [0.15, 0.2) is 36.8 Å². The quantitative estimate of drug-likeness (QED) is 0.627. The lowest BCUT2D eigenvalue weighted by Crippen LogP contribution is -2.50. The first-order valence-electron chi connectivity index (χ1n) is 9.30. The number of hydrogen-bond donors (Lipinski definition) is 2. The van der Waals surface area contributed by atoms with E-state index in [0.29, 0.717) is 24.5 Å². The maximum atomic E-state index is 10.0. The molecule has 1 saturated heterocycles. The van der Waals surface area contributed by atoms with E-state index in [1.54, 1.807) is 23.1 Å². The third kappa shape index (κ3) is 4.45. The van der Waals surface area contributed by atoms with Crippen LogP contribution < -0.4 is 15.4 Å². The predicted molar refractivity (Wildman–Crippen MR) is 120 cm³/mol. The second kappa shape index (κ2) is 9.96. The summed E-state index contributed by atoms with van der Waals surface area (Å²) in [4.78, 5) is 6.61. The molecule has 0 aromatic carbocycles. The predicted octanol–water partition coefficient (Wildman–Crippen LogP) is 2.41. The molecule has 3 aromatic heterocycles. The van der Waals surface area contributed by atoms with E-state index in [2.05, 4.69) is 16.2 Å². The lowest BCUT2D eigenvalue weighted by Gasteiger charge is -2.34. The van der Waals surface area contributed by atoms with Crippen LogP contribution in [0.3, 0.4) is 0 Å². The standard InChI is InChI=1S/C20H22N6O2.2ClH/c1-2-28-15-7-16(20-14(8-21)10-24-26(20)11-15)13-3-4-19(23-9-13)25-6-5-17(22)18(27)12-25;;/h3-4,7,9-11,17-18,27H,2,5-6,12,22H2,1H3;2*1H/t17-,18-;;/m0../s1. The number of aliphatic hydroxyl groups is 1. The third-order valence-electron chi connectivity index (χ3n) is 5.04. The number of halogens is 2. The fraction of sp³-hybridized carbons (Fsp3) is 0.350. The summed E-state index contributed by atoms with van der Waals surface area (Å²) in [5, 5.41) is 23.7. The van der Waals surface area contributed by atoms with Crippen molar-refractivity contribution in [2.45, 2.75) is 25.5 Å². The molecule has 4 rings (SSSR count). The number of rotatable bonds is 4. The van der Waals surface area contributed by atoms with Gasteiger partial charge in [0.1, 0.15) is 17.6 Å². The summed E-state index contributed by atoms with van der Waals surface area (Å²) in [6.07, 6.45) is 5.26. The lowest BCUT2D eigenvalue weighted by atomic mass is 10.0. The van der Waals surface area contributed by atoms with E-state index in [1.807, 2.05) is 30.0 Å². The van der Waals surface area contributed by atoms with E-state index < -0.39 is 6.10 Å². The molecule has 2 atom stereocenters. The zero-order chi connectivity index (χ0) is 19.7. The van der Waals surface area contributed by atoms with Gasteiger partial charge in [-0.3, -0.25) is 0 Å². The Morgan fingerprint density at radius 1 is 1.33 bits per heavy atom. The van der Waals surface area contributed by atoms with Gasteiger partial charge in [0, 0.05) is 36.5 Å². The molecular formula is C20H24Cl2N6O2. The number of fused-ring (bicyclic) bond motifs is 1. The lowest BCUT2D eigenvalue weighted by molar-refractivity contribution is 0.131. The summed E-state index contributed by atoms with van der Waals surface area (Å²) in [6, 6.07) is 7.79. The first-order valence-corrected chi connectivity index (χ1v) is 9.30. The summed E-state index contributed by atoms with van der Waals surface area (Å²) >= 11 is 0. The summed E-state index contributed by atoms with van der Waals surface area (Å²) < 4.78 is 7.31. The minimum Gasteiger partial charge on any atom is -0.492 e. The summed E-state index contributed by atoms with van der Waals surface area (Å²) in [7, 11) is 0. The van der Waals surface area contributed by atoms with E-state index in [1.165, 1.54) is 0 Å². The van der Waals surface area contributed by atoms with Crippen molar-refractivity contribution in [1.82, 2.24) is 14.6 Å². The third-order valence-corrected chi connectivity index (χ3v) is 5.04. The summed E-state index contributed by atoms with van der Waals surface area (Å²) in [6.45, 7) is 3.69. The Hall–Kier alpha value is -2.57. The van der Waals surface area contributed by atoms with Crippen molar-refractivity contribution in [3.63, 3.8) is 0 Å². The molecule has 8 nitrogen and oxygen atoms in total. The number of piperidine rings is 1. The SMILES string of the molecule is CCOc1cc(-c2ccc(N3CC[C@H](N)[C@@H](O)C3)nc2)c2c(C#N)cnn2c1.Cl.Cl. The molecule has 10 heteroatoms. The van der Waals surface area contributed by atoms with Crippen LogP contribution in [0.25, 0.3) is 16.6 Å². The first-order chi connectivity index (χ1) is 13.6. The second-order valence-electron chi connectivity index (χ2n) is 6.86. The Kier molecular flexibility index (Phi) is 7.87. The number of nitriles is 1. The fourth-order valence-corrected chi connectivity index (χ4v) is 3.53. The van der Waals surface area contributed by atoms with Crippen molar-refractivity contribution < 1.29 is 9.84 Å². The second-order valence-corrected chi connectivity index (χ2v) is 6.86. The van der Waals surface area contributed by atoms with Gasteiger partial charge < -0.3 is 20.5 Å². The molecule has 3 aromatic rings. The van der Waals surface area contributed by atoms with Crippen LogP contribution in [0.2, 0.25) is 0 Å². The normalized spacial score (nSPS) is 18.3. The van der Waals surface area contributed by atoms with Crippen molar-refractivity contribution >= 4 is 36.1 Å². The number of anilines is 1. The highest BCUT2D eigenvalue weighted by Crippen LogP contribution is 2.31. The van der Waals surface area contributed by atoms with Crippen molar-refractivity contribution in [3.05, 3.63) is 42.4 Å². The molecule has 160 valence electrons. The summed E-state index contributed by atoms with van der Waals surface area (Å²) in [5.74, 6) is 1.47. The van der Waals surface area contributed by atoms with Gasteiger partial charge >= 0.3 is 0 Å². The Labute approximate surface area is 187 Å². The van der Waals surface area contributed by atoms with Crippen LogP contribution in [0.5, 0.6) is 5.75 Å². The monoisotopic (exact) mass is 450 g/mol. The largest absolute Gasteiger partial charge is 0.492 e. The summed E-state index contributed by atoms with van der Waals surface area (Å²) in [5.41, 5.74) is 8.80. The highest BCUT2D eigenvalue weighted by molar-refractivity contribution is 5.86. The molecule has 0 radical (unpaired) electrons. The minimum atomic E-state index is -0.553. The first kappa shape index (κ1) is 23.7. The van der Waals surface area contributed by atoms with Crippen LogP contribution in [0, 0.1) is 11.3 Å². The van der Waals surface area contributed by atoms with Gasteiger partial charge in [-0.05, 0) is 31.5 Å². The molecule has 3 N–H and O–H groups in total. The van der Waals surface area contributed by atoms with Gasteiger partial charge in [0.15, 0.2) is 0 Å². The molecular weight excluding hydrogens is 427 g/mol. The fourth-order valence-electron chi connectivity index (χ4n) is 3.53. The molecule has 0 saturated carbocycles. The molecule has 30 heavy (non-hydrogen) atoms. The molecule has 1 fully saturated rings. The minimum absolute atomic E-state index is 0. The van der Waals surface area contributed by atoms with E-state index in [9.17, 15) is 10.4 Å². The van der Waals surface area contributed by atoms with Gasteiger partial charge in [-0.1, -0.05) is 0 Å². The molecule has 1 aliphatic rings. The van der Waals surface area contributed by atoms with Crippen LogP contribution >= 0.6 is 24.8 Å². The molecule has 0 amide bonds. The number of β-amino-alcohol motifs (C(OH)–C–C–N with tert-alkyl or cyclic N) is 1.